The van der Waals surface area contributed by atoms with Gasteiger partial charge in [0.25, 0.3) is 5.91 Å². The molecule has 1 N–H and O–H groups in total. The van der Waals surface area contributed by atoms with Gasteiger partial charge in [-0.05, 0) is 35.9 Å². The third-order valence-electron chi connectivity index (χ3n) is 4.62. The summed E-state index contributed by atoms with van der Waals surface area (Å²) in [6.07, 6.45) is 2.30. The van der Waals surface area contributed by atoms with Gasteiger partial charge >= 0.3 is 0 Å². The van der Waals surface area contributed by atoms with E-state index in [4.69, 9.17) is 23.2 Å². The Hall–Kier alpha value is -3.49. The first-order valence-electron chi connectivity index (χ1n) is 9.76. The summed E-state index contributed by atoms with van der Waals surface area (Å²) in [4.78, 5) is 48.6. The molecule has 0 saturated heterocycles. The fraction of sp³-hybridized carbons (Fsp3) is 0.174. The molecule has 1 heterocycles. The summed E-state index contributed by atoms with van der Waals surface area (Å²) in [5.41, 5.74) is 1.04. The fourth-order valence-electron chi connectivity index (χ4n) is 3.03. The molecule has 0 unspecified atom stereocenters. The molecule has 0 spiro atoms. The van der Waals surface area contributed by atoms with Crippen LogP contribution in [0.1, 0.15) is 33.0 Å². The highest BCUT2D eigenvalue weighted by molar-refractivity contribution is 6.42. The van der Waals surface area contributed by atoms with Gasteiger partial charge in [0.15, 0.2) is 5.82 Å². The molecule has 33 heavy (non-hydrogen) atoms. The fourth-order valence-corrected chi connectivity index (χ4v) is 3.35. The Balaban J connectivity index is 1.99. The van der Waals surface area contributed by atoms with Crippen LogP contribution >= 0.6 is 23.2 Å². The number of amides is 2. The summed E-state index contributed by atoms with van der Waals surface area (Å²) in [6.45, 7) is 0.0116. The number of hydrogen-bond acceptors (Lipinski definition) is 6. The highest BCUT2D eigenvalue weighted by atomic mass is 35.5. The molecule has 2 amide bonds. The lowest BCUT2D eigenvalue weighted by atomic mass is 10.1. The second-order valence-electron chi connectivity index (χ2n) is 7.34. The van der Waals surface area contributed by atoms with E-state index in [1.165, 1.54) is 40.4 Å². The number of benzene rings is 2. The molecule has 0 aliphatic rings. The number of nitrogens with zero attached hydrogens (tertiary/aromatic N) is 4. The van der Waals surface area contributed by atoms with Gasteiger partial charge in [0, 0.05) is 43.8 Å². The van der Waals surface area contributed by atoms with Crippen LogP contribution in [0.4, 0.5) is 5.69 Å². The zero-order chi connectivity index (χ0) is 24.1. The molecule has 8 nitrogen and oxygen atoms in total. The van der Waals surface area contributed by atoms with Crippen LogP contribution in [0.15, 0.2) is 54.9 Å². The van der Waals surface area contributed by atoms with E-state index in [2.05, 4.69) is 9.97 Å². The number of Topliss-reactive ketones (excluding diaryl/α,β-unsaturated/α-hetero) is 1. The maximum atomic E-state index is 13.2. The van der Waals surface area contributed by atoms with Crippen molar-refractivity contribution in [1.82, 2.24) is 14.9 Å². The van der Waals surface area contributed by atoms with Gasteiger partial charge in [-0.2, -0.15) is 0 Å². The molecular weight excluding hydrogens is 467 g/mol. The number of carbonyl (C=O) groups excluding carboxylic acids is 3. The smallest absolute Gasteiger partial charge is 0.253 e. The SMILES string of the molecule is CN(C)C(=O)c1cc(O)cc(N(Cc2ccc(Cl)c(Cl)c2)C(=O)CC(=O)c2ncccn2)c1. The Morgan fingerprint density at radius 3 is 2.30 bits per heavy atom. The summed E-state index contributed by atoms with van der Waals surface area (Å²) < 4.78 is 0. The minimum atomic E-state index is -0.577. The molecule has 0 radical (unpaired) electrons. The van der Waals surface area contributed by atoms with Crippen molar-refractivity contribution in [2.75, 3.05) is 19.0 Å². The van der Waals surface area contributed by atoms with Crippen LogP contribution in [0.3, 0.4) is 0 Å². The van der Waals surface area contributed by atoms with E-state index in [1.54, 1.807) is 38.4 Å². The lowest BCUT2D eigenvalue weighted by Gasteiger charge is -2.24. The zero-order valence-electron chi connectivity index (χ0n) is 17.8. The number of phenolic OH excluding ortho intramolecular Hbond substituents is 1. The van der Waals surface area contributed by atoms with E-state index in [9.17, 15) is 19.5 Å². The maximum Gasteiger partial charge on any atom is 0.253 e. The molecule has 1 aromatic heterocycles. The second-order valence-corrected chi connectivity index (χ2v) is 8.15. The summed E-state index contributed by atoms with van der Waals surface area (Å²) in [5.74, 6) is -1.79. The van der Waals surface area contributed by atoms with Crippen molar-refractivity contribution in [2.24, 2.45) is 0 Å². The molecule has 0 aliphatic carbocycles. The van der Waals surface area contributed by atoms with Gasteiger partial charge in [-0.15, -0.1) is 0 Å². The normalized spacial score (nSPS) is 10.5. The Kier molecular flexibility index (Phi) is 7.63. The minimum absolute atomic E-state index is 0.0116. The Labute approximate surface area is 200 Å². The number of aromatic hydroxyl groups is 1. The molecular formula is C23H20Cl2N4O4. The van der Waals surface area contributed by atoms with Gasteiger partial charge in [-0.1, -0.05) is 29.3 Å². The van der Waals surface area contributed by atoms with E-state index < -0.39 is 18.1 Å². The molecule has 3 rings (SSSR count). The number of ketones is 1. The van der Waals surface area contributed by atoms with E-state index in [0.29, 0.717) is 15.6 Å². The third-order valence-corrected chi connectivity index (χ3v) is 5.36. The highest BCUT2D eigenvalue weighted by Gasteiger charge is 2.23. The van der Waals surface area contributed by atoms with Gasteiger partial charge in [-0.25, -0.2) is 9.97 Å². The second kappa shape index (κ2) is 10.4. The number of carbonyl (C=O) groups is 3. The van der Waals surface area contributed by atoms with Crippen molar-refractivity contribution in [3.63, 3.8) is 0 Å². The van der Waals surface area contributed by atoms with Crippen molar-refractivity contribution in [1.29, 1.82) is 0 Å². The van der Waals surface area contributed by atoms with Crippen LogP contribution < -0.4 is 4.90 Å². The molecule has 0 atom stereocenters. The third kappa shape index (κ3) is 6.06. The summed E-state index contributed by atoms with van der Waals surface area (Å²) in [6, 6.07) is 10.6. The largest absolute Gasteiger partial charge is 0.508 e. The molecule has 2 aromatic carbocycles. The molecule has 0 bridgehead atoms. The first-order valence-corrected chi connectivity index (χ1v) is 10.5. The van der Waals surface area contributed by atoms with Crippen molar-refractivity contribution in [3.05, 3.63) is 81.9 Å². The zero-order valence-corrected chi connectivity index (χ0v) is 19.3. The van der Waals surface area contributed by atoms with Crippen LogP contribution in [0, 0.1) is 0 Å². The van der Waals surface area contributed by atoms with E-state index in [-0.39, 0.29) is 35.3 Å². The van der Waals surface area contributed by atoms with Crippen LogP contribution in [0.2, 0.25) is 10.0 Å². The Bertz CT molecular complexity index is 1200. The van der Waals surface area contributed by atoms with E-state index >= 15 is 0 Å². The predicted molar refractivity (Wildman–Crippen MR) is 125 cm³/mol. The summed E-state index contributed by atoms with van der Waals surface area (Å²) >= 11 is 12.1. The van der Waals surface area contributed by atoms with Gasteiger partial charge < -0.3 is 14.9 Å². The lowest BCUT2D eigenvalue weighted by Crippen LogP contribution is -2.32. The maximum absolute atomic E-state index is 13.2. The summed E-state index contributed by atoms with van der Waals surface area (Å²) in [7, 11) is 3.15. The van der Waals surface area contributed by atoms with Crippen LogP contribution in [-0.4, -0.2) is 51.7 Å². The monoisotopic (exact) mass is 486 g/mol. The first-order chi connectivity index (χ1) is 15.7. The standard InChI is InChI=1S/C23H20Cl2N4O4/c1-28(2)23(33)15-9-16(11-17(30)10-15)29(13-14-4-5-18(24)19(25)8-14)21(32)12-20(31)22-26-6-3-7-27-22/h3-11,30H,12-13H2,1-2H3. The number of phenols is 1. The Morgan fingerprint density at radius 1 is 0.970 bits per heavy atom. The molecule has 0 fully saturated rings. The molecule has 0 saturated carbocycles. The van der Waals surface area contributed by atoms with E-state index in [0.717, 1.165) is 0 Å². The highest BCUT2D eigenvalue weighted by Crippen LogP contribution is 2.28. The molecule has 0 aliphatic heterocycles. The number of anilines is 1. The predicted octanol–water partition coefficient (Wildman–Crippen LogP) is 4.00. The van der Waals surface area contributed by atoms with Crippen LogP contribution in [0.25, 0.3) is 0 Å². The lowest BCUT2D eigenvalue weighted by molar-refractivity contribution is -0.117. The van der Waals surface area contributed by atoms with Crippen molar-refractivity contribution < 1.29 is 19.5 Å². The summed E-state index contributed by atoms with van der Waals surface area (Å²) in [5, 5.41) is 10.9. The Morgan fingerprint density at radius 2 is 1.67 bits per heavy atom. The number of aromatic nitrogens is 2. The molecule has 170 valence electrons. The first kappa shape index (κ1) is 24.2. The van der Waals surface area contributed by atoms with Gasteiger partial charge in [0.05, 0.1) is 23.0 Å². The van der Waals surface area contributed by atoms with Gasteiger partial charge in [0.1, 0.15) is 5.75 Å². The van der Waals surface area contributed by atoms with Crippen molar-refractivity contribution >= 4 is 46.5 Å². The molecule has 10 heteroatoms. The average Bonchev–Trinajstić information content (AvgIpc) is 2.79. The molecule has 3 aromatic rings. The topological polar surface area (TPSA) is 104 Å². The van der Waals surface area contributed by atoms with E-state index in [1.807, 2.05) is 0 Å². The minimum Gasteiger partial charge on any atom is -0.508 e. The van der Waals surface area contributed by atoms with Crippen LogP contribution in [-0.2, 0) is 11.3 Å². The van der Waals surface area contributed by atoms with Crippen molar-refractivity contribution in [2.45, 2.75) is 13.0 Å². The number of hydrogen-bond donors (Lipinski definition) is 1. The van der Waals surface area contributed by atoms with Gasteiger partial charge in [0.2, 0.25) is 11.7 Å². The quantitative estimate of drug-likeness (QED) is 0.399. The van der Waals surface area contributed by atoms with Crippen molar-refractivity contribution in [3.8, 4) is 5.75 Å². The van der Waals surface area contributed by atoms with Crippen LogP contribution in [0.5, 0.6) is 5.75 Å². The average molecular weight is 487 g/mol. The van der Waals surface area contributed by atoms with Gasteiger partial charge in [-0.3, -0.25) is 14.4 Å². The number of rotatable bonds is 7. The number of halogens is 2.